The summed E-state index contributed by atoms with van der Waals surface area (Å²) < 4.78 is 0. The van der Waals surface area contributed by atoms with Gasteiger partial charge in [0.15, 0.2) is 0 Å². The minimum atomic E-state index is -1.12. The number of carboxylic acid groups (broad SMARTS) is 1. The quantitative estimate of drug-likeness (QED) is 0.677. The Bertz CT molecular complexity index is 893. The van der Waals surface area contributed by atoms with Gasteiger partial charge < -0.3 is 10.0 Å². The molecule has 0 aliphatic heterocycles. The summed E-state index contributed by atoms with van der Waals surface area (Å²) in [6, 6.07) is 0.841. The van der Waals surface area contributed by atoms with Gasteiger partial charge in [-0.1, -0.05) is 18.8 Å². The summed E-state index contributed by atoms with van der Waals surface area (Å²) in [5, 5.41) is 9.84. The highest BCUT2D eigenvalue weighted by Gasteiger charge is 2.37. The van der Waals surface area contributed by atoms with Gasteiger partial charge in [0.2, 0.25) is 11.8 Å². The normalized spacial score (nSPS) is 19.7. The van der Waals surface area contributed by atoms with E-state index in [1.165, 1.54) is 9.80 Å². The van der Waals surface area contributed by atoms with E-state index in [0.717, 1.165) is 37.0 Å². The molecule has 1 atom stereocenters. The van der Waals surface area contributed by atoms with Crippen molar-refractivity contribution in [2.75, 3.05) is 19.0 Å². The molecule has 0 spiro atoms. The van der Waals surface area contributed by atoms with E-state index in [-0.39, 0.29) is 33.7 Å². The molecule has 1 saturated carbocycles. The van der Waals surface area contributed by atoms with E-state index in [9.17, 15) is 19.5 Å². The SMILES string of the molecule is CC1CCC(C(=O)N(c2cc(C#CC(C)(C)C)sc2C(=O)O)[C@@H](C)C(=O)N(C)C)CC1. The van der Waals surface area contributed by atoms with Crippen LogP contribution in [-0.4, -0.2) is 47.9 Å². The summed E-state index contributed by atoms with van der Waals surface area (Å²) in [5.74, 6) is 4.98. The Morgan fingerprint density at radius 3 is 2.23 bits per heavy atom. The van der Waals surface area contributed by atoms with Crippen LogP contribution in [0, 0.1) is 29.1 Å². The number of anilines is 1. The number of carboxylic acids is 1. The van der Waals surface area contributed by atoms with Crippen LogP contribution < -0.4 is 4.90 Å². The fourth-order valence-corrected chi connectivity index (χ4v) is 4.57. The maximum Gasteiger partial charge on any atom is 0.348 e. The molecule has 31 heavy (non-hydrogen) atoms. The molecule has 0 radical (unpaired) electrons. The number of rotatable bonds is 5. The van der Waals surface area contributed by atoms with E-state index in [0.29, 0.717) is 10.8 Å². The summed E-state index contributed by atoms with van der Waals surface area (Å²) in [5.41, 5.74) is 0.0257. The molecular formula is C24H34N2O4S. The van der Waals surface area contributed by atoms with Crippen molar-refractivity contribution < 1.29 is 19.5 Å². The van der Waals surface area contributed by atoms with Gasteiger partial charge in [-0.05, 0) is 65.4 Å². The summed E-state index contributed by atoms with van der Waals surface area (Å²) >= 11 is 1.05. The molecule has 1 aromatic heterocycles. The maximum absolute atomic E-state index is 13.6. The topological polar surface area (TPSA) is 77.9 Å². The Balaban J connectivity index is 2.55. The Morgan fingerprint density at radius 2 is 1.74 bits per heavy atom. The van der Waals surface area contributed by atoms with Gasteiger partial charge in [0.05, 0.1) is 10.6 Å². The van der Waals surface area contributed by atoms with E-state index in [4.69, 9.17) is 0 Å². The molecule has 0 bridgehead atoms. The average molecular weight is 447 g/mol. The van der Waals surface area contributed by atoms with Crippen LogP contribution in [0.1, 0.15) is 74.9 Å². The third kappa shape index (κ3) is 6.33. The summed E-state index contributed by atoms with van der Waals surface area (Å²) in [4.78, 5) is 41.9. The van der Waals surface area contributed by atoms with Crippen LogP contribution in [0.15, 0.2) is 6.07 Å². The van der Waals surface area contributed by atoms with Gasteiger partial charge in [-0.3, -0.25) is 14.5 Å². The zero-order valence-corrected chi connectivity index (χ0v) is 20.4. The van der Waals surface area contributed by atoms with Crippen LogP contribution in [0.25, 0.3) is 0 Å². The maximum atomic E-state index is 13.6. The lowest BCUT2D eigenvalue weighted by molar-refractivity contribution is -0.133. The molecule has 6 nitrogen and oxygen atoms in total. The van der Waals surface area contributed by atoms with Crippen molar-refractivity contribution in [3.8, 4) is 11.8 Å². The van der Waals surface area contributed by atoms with Crippen molar-refractivity contribution in [3.63, 3.8) is 0 Å². The molecule has 0 unspecified atom stereocenters. The lowest BCUT2D eigenvalue weighted by Crippen LogP contribution is -2.50. The summed E-state index contributed by atoms with van der Waals surface area (Å²) in [6.45, 7) is 9.77. The van der Waals surface area contributed by atoms with E-state index in [2.05, 4.69) is 18.8 Å². The third-order valence-corrected chi connectivity index (χ3v) is 6.54. The van der Waals surface area contributed by atoms with Crippen molar-refractivity contribution in [3.05, 3.63) is 15.8 Å². The highest BCUT2D eigenvalue weighted by molar-refractivity contribution is 7.15. The van der Waals surface area contributed by atoms with Crippen LogP contribution in [-0.2, 0) is 9.59 Å². The second kappa shape index (κ2) is 9.86. The molecule has 1 aromatic rings. The van der Waals surface area contributed by atoms with Gasteiger partial charge >= 0.3 is 5.97 Å². The highest BCUT2D eigenvalue weighted by Crippen LogP contribution is 2.36. The zero-order chi connectivity index (χ0) is 23.5. The predicted octanol–water partition coefficient (Wildman–Crippen LogP) is 4.48. The predicted molar refractivity (Wildman–Crippen MR) is 124 cm³/mol. The number of carbonyl (C=O) groups is 3. The van der Waals surface area contributed by atoms with Crippen molar-refractivity contribution in [1.82, 2.24) is 4.90 Å². The zero-order valence-electron chi connectivity index (χ0n) is 19.6. The van der Waals surface area contributed by atoms with Crippen molar-refractivity contribution in [1.29, 1.82) is 0 Å². The Morgan fingerprint density at radius 1 is 1.16 bits per heavy atom. The summed E-state index contributed by atoms with van der Waals surface area (Å²) in [6.07, 6.45) is 3.42. The fraction of sp³-hybridized carbons (Fsp3) is 0.625. The molecule has 0 aromatic carbocycles. The van der Waals surface area contributed by atoms with Gasteiger partial charge in [-0.25, -0.2) is 4.79 Å². The molecule has 1 fully saturated rings. The molecule has 7 heteroatoms. The molecule has 0 saturated heterocycles. The second-order valence-corrected chi connectivity index (χ2v) is 10.8. The molecule has 1 heterocycles. The number of hydrogen-bond donors (Lipinski definition) is 1. The van der Waals surface area contributed by atoms with Crippen LogP contribution in [0.3, 0.4) is 0 Å². The Hall–Kier alpha value is -2.33. The first-order valence-electron chi connectivity index (χ1n) is 10.8. The smallest absolute Gasteiger partial charge is 0.348 e. The number of thiophene rings is 1. The first-order chi connectivity index (χ1) is 14.3. The lowest BCUT2D eigenvalue weighted by Gasteiger charge is -2.35. The van der Waals surface area contributed by atoms with Gasteiger partial charge in [0.25, 0.3) is 0 Å². The minimum absolute atomic E-state index is 0.0362. The number of likely N-dealkylation sites (N-methyl/N-ethyl adjacent to an activating group) is 1. The van der Waals surface area contributed by atoms with Crippen molar-refractivity contribution in [2.45, 2.75) is 66.3 Å². The van der Waals surface area contributed by atoms with Crippen molar-refractivity contribution in [2.24, 2.45) is 17.3 Å². The molecule has 2 rings (SSSR count). The highest BCUT2D eigenvalue weighted by atomic mass is 32.1. The van der Waals surface area contributed by atoms with Crippen LogP contribution in [0.5, 0.6) is 0 Å². The Labute approximate surface area is 189 Å². The van der Waals surface area contributed by atoms with Gasteiger partial charge in [-0.15, -0.1) is 11.3 Å². The van der Waals surface area contributed by atoms with Crippen LogP contribution in [0.2, 0.25) is 0 Å². The Kier molecular flexibility index (Phi) is 7.93. The van der Waals surface area contributed by atoms with E-state index < -0.39 is 12.0 Å². The standard InChI is InChI=1S/C24H34N2O4S/c1-15-8-10-17(11-9-15)22(28)26(16(2)21(27)25(6)7)19-14-18(12-13-24(3,4)5)31-20(19)23(29)30/h14-17H,8-11H2,1-7H3,(H,29,30)/t15?,16-,17?/m0/s1. The second-order valence-electron chi connectivity index (χ2n) is 9.70. The fourth-order valence-electron chi connectivity index (χ4n) is 3.73. The number of amides is 2. The number of hydrogen-bond acceptors (Lipinski definition) is 4. The number of aromatic carboxylic acids is 1. The monoisotopic (exact) mass is 446 g/mol. The van der Waals surface area contributed by atoms with Crippen LogP contribution >= 0.6 is 11.3 Å². The molecule has 1 aliphatic rings. The van der Waals surface area contributed by atoms with Gasteiger partial charge in [0.1, 0.15) is 10.9 Å². The first kappa shape index (κ1) is 24.9. The van der Waals surface area contributed by atoms with Gasteiger partial charge in [0, 0.05) is 25.4 Å². The molecule has 1 aliphatic carbocycles. The lowest BCUT2D eigenvalue weighted by atomic mass is 9.82. The summed E-state index contributed by atoms with van der Waals surface area (Å²) in [7, 11) is 3.27. The minimum Gasteiger partial charge on any atom is -0.477 e. The molecular weight excluding hydrogens is 412 g/mol. The number of nitrogens with zero attached hydrogens (tertiary/aromatic N) is 2. The van der Waals surface area contributed by atoms with E-state index in [1.807, 2.05) is 20.8 Å². The first-order valence-corrected chi connectivity index (χ1v) is 11.6. The van der Waals surface area contributed by atoms with Crippen LogP contribution in [0.4, 0.5) is 5.69 Å². The van der Waals surface area contributed by atoms with E-state index >= 15 is 0 Å². The largest absolute Gasteiger partial charge is 0.477 e. The number of carbonyl (C=O) groups excluding carboxylic acids is 2. The third-order valence-electron chi connectivity index (χ3n) is 5.51. The molecule has 1 N–H and O–H groups in total. The average Bonchev–Trinajstić information content (AvgIpc) is 3.10. The molecule has 170 valence electrons. The molecule has 2 amide bonds. The van der Waals surface area contributed by atoms with Crippen molar-refractivity contribution >= 4 is 34.8 Å². The van der Waals surface area contributed by atoms with Gasteiger partial charge in [-0.2, -0.15) is 0 Å². The van der Waals surface area contributed by atoms with E-state index in [1.54, 1.807) is 27.1 Å².